The third-order valence-corrected chi connectivity index (χ3v) is 3.93. The van der Waals surface area contributed by atoms with Gasteiger partial charge in [-0.15, -0.1) is 0 Å². The molecule has 0 aliphatic carbocycles. The van der Waals surface area contributed by atoms with Gasteiger partial charge in [-0.05, 0) is 38.9 Å². The van der Waals surface area contributed by atoms with Gasteiger partial charge in [-0.25, -0.2) is 0 Å². The molecule has 3 rings (SSSR count). The zero-order valence-electron chi connectivity index (χ0n) is 12.1. The first kappa shape index (κ1) is 14.0. The van der Waals surface area contributed by atoms with Crippen LogP contribution in [0.2, 0.25) is 0 Å². The van der Waals surface area contributed by atoms with E-state index in [0.29, 0.717) is 12.2 Å². The molecule has 1 aromatic heterocycles. The number of benzene rings is 1. The average Bonchev–Trinajstić information content (AvgIpc) is 3.20. The van der Waals surface area contributed by atoms with Gasteiger partial charge in [0, 0.05) is 18.1 Å². The first-order valence-electron chi connectivity index (χ1n) is 7.60. The number of Topliss-reactive ketones (excluding diaryl/α,β-unsaturated/α-hetero) is 1. The molecule has 0 radical (unpaired) electrons. The van der Waals surface area contributed by atoms with Crippen molar-refractivity contribution in [3.05, 3.63) is 42.2 Å². The normalized spacial score (nSPS) is 15.4. The fourth-order valence-corrected chi connectivity index (χ4v) is 2.74. The average molecular weight is 284 g/mol. The lowest BCUT2D eigenvalue weighted by molar-refractivity contribution is 0.0940. The first-order valence-corrected chi connectivity index (χ1v) is 7.60. The van der Waals surface area contributed by atoms with E-state index in [9.17, 15) is 4.79 Å². The summed E-state index contributed by atoms with van der Waals surface area (Å²) in [6.45, 7) is 3.36. The Morgan fingerprint density at radius 3 is 2.71 bits per heavy atom. The minimum atomic E-state index is 0.0453. The highest BCUT2D eigenvalue weighted by atomic mass is 16.5. The Balaban J connectivity index is 1.54. The summed E-state index contributed by atoms with van der Waals surface area (Å²) in [5.74, 6) is 0.416. The van der Waals surface area contributed by atoms with Crippen molar-refractivity contribution in [3.63, 3.8) is 0 Å². The van der Waals surface area contributed by atoms with Gasteiger partial charge < -0.3 is 9.42 Å². The van der Waals surface area contributed by atoms with Crippen molar-refractivity contribution in [1.82, 2.24) is 10.1 Å². The highest BCUT2D eigenvalue weighted by Gasteiger charge is 2.15. The molecule has 1 aliphatic heterocycles. The van der Waals surface area contributed by atoms with Crippen LogP contribution in [-0.4, -0.2) is 35.5 Å². The van der Waals surface area contributed by atoms with Crippen LogP contribution in [0.3, 0.4) is 0 Å². The van der Waals surface area contributed by atoms with E-state index in [1.807, 2.05) is 30.3 Å². The smallest absolute Gasteiger partial charge is 0.203 e. The number of carbonyl (C=O) groups is 1. The monoisotopic (exact) mass is 284 g/mol. The molecule has 0 N–H and O–H groups in total. The van der Waals surface area contributed by atoms with E-state index < -0.39 is 0 Å². The Morgan fingerprint density at radius 1 is 1.19 bits per heavy atom. The maximum Gasteiger partial charge on any atom is 0.203 e. The molecule has 1 aliphatic rings. The van der Waals surface area contributed by atoms with Gasteiger partial charge in [0.25, 0.3) is 0 Å². The maximum absolute atomic E-state index is 12.1. The summed E-state index contributed by atoms with van der Waals surface area (Å²) in [5.41, 5.74) is 1.69. The number of ketones is 1. The number of likely N-dealkylation sites (tertiary alicyclic amines) is 1. The van der Waals surface area contributed by atoms with E-state index in [1.54, 1.807) is 6.07 Å². The molecule has 0 spiro atoms. The van der Waals surface area contributed by atoms with Gasteiger partial charge in [-0.2, -0.15) is 0 Å². The predicted molar refractivity (Wildman–Crippen MR) is 81.2 cm³/mol. The molecular weight excluding hydrogens is 264 g/mol. The summed E-state index contributed by atoms with van der Waals surface area (Å²) in [6, 6.07) is 11.5. The predicted octanol–water partition coefficient (Wildman–Crippen LogP) is 3.40. The molecule has 2 aromatic rings. The summed E-state index contributed by atoms with van der Waals surface area (Å²) in [7, 11) is 0. The summed E-state index contributed by atoms with van der Waals surface area (Å²) in [5, 5.41) is 3.99. The number of aromatic nitrogens is 1. The molecule has 21 heavy (non-hydrogen) atoms. The molecule has 1 saturated heterocycles. The molecule has 0 amide bonds. The molecule has 1 aromatic carbocycles. The molecule has 0 bridgehead atoms. The lowest BCUT2D eigenvalue weighted by Crippen LogP contribution is -2.20. The molecule has 0 atom stereocenters. The summed E-state index contributed by atoms with van der Waals surface area (Å²) < 4.78 is 5.19. The molecule has 4 nitrogen and oxygen atoms in total. The molecule has 4 heteroatoms. The van der Waals surface area contributed by atoms with Crippen molar-refractivity contribution in [2.45, 2.75) is 25.7 Å². The summed E-state index contributed by atoms with van der Waals surface area (Å²) in [6.07, 6.45) is 3.99. The van der Waals surface area contributed by atoms with Crippen LogP contribution in [0, 0.1) is 0 Å². The van der Waals surface area contributed by atoms with Crippen LogP contribution < -0.4 is 0 Å². The molecular formula is C17H20N2O2. The van der Waals surface area contributed by atoms with Crippen molar-refractivity contribution in [1.29, 1.82) is 0 Å². The number of carbonyl (C=O) groups excluding carboxylic acids is 1. The van der Waals surface area contributed by atoms with Gasteiger partial charge in [0.15, 0.2) is 0 Å². The number of hydrogen-bond donors (Lipinski definition) is 0. The Hall–Kier alpha value is -1.94. The SMILES string of the molecule is O=C(CCCN1CCCC1)c1cc(-c2ccccc2)no1. The molecule has 0 saturated carbocycles. The standard InChI is InChI=1S/C17H20N2O2/c20-16(9-6-12-19-10-4-5-11-19)17-13-15(18-21-17)14-7-2-1-3-8-14/h1-3,7-8,13H,4-6,9-12H2. The number of hydrogen-bond acceptors (Lipinski definition) is 4. The maximum atomic E-state index is 12.1. The fraction of sp³-hybridized carbons (Fsp3) is 0.412. The molecule has 110 valence electrons. The topological polar surface area (TPSA) is 46.3 Å². The van der Waals surface area contributed by atoms with E-state index in [-0.39, 0.29) is 5.78 Å². The van der Waals surface area contributed by atoms with Crippen LogP contribution in [0.15, 0.2) is 40.9 Å². The zero-order chi connectivity index (χ0) is 14.5. The third-order valence-electron chi connectivity index (χ3n) is 3.93. The van der Waals surface area contributed by atoms with Crippen LogP contribution in [0.4, 0.5) is 0 Å². The van der Waals surface area contributed by atoms with Crippen LogP contribution in [-0.2, 0) is 0 Å². The van der Waals surface area contributed by atoms with Crippen molar-refractivity contribution < 1.29 is 9.32 Å². The Labute approximate surface area is 124 Å². The van der Waals surface area contributed by atoms with E-state index >= 15 is 0 Å². The molecule has 0 unspecified atom stereocenters. The van der Waals surface area contributed by atoms with Crippen molar-refractivity contribution >= 4 is 5.78 Å². The van der Waals surface area contributed by atoms with Crippen LogP contribution in [0.25, 0.3) is 11.3 Å². The number of rotatable bonds is 6. The minimum Gasteiger partial charge on any atom is -0.352 e. The van der Waals surface area contributed by atoms with Crippen LogP contribution >= 0.6 is 0 Å². The quantitative estimate of drug-likeness (QED) is 0.763. The first-order chi connectivity index (χ1) is 10.3. The lowest BCUT2D eigenvalue weighted by Gasteiger charge is -2.12. The number of nitrogens with zero attached hydrogens (tertiary/aromatic N) is 2. The molecule has 2 heterocycles. The highest BCUT2D eigenvalue weighted by molar-refractivity contribution is 5.94. The van der Waals surface area contributed by atoms with Gasteiger partial charge in [0.05, 0.1) is 0 Å². The van der Waals surface area contributed by atoms with Crippen LogP contribution in [0.5, 0.6) is 0 Å². The third kappa shape index (κ3) is 3.58. The Kier molecular flexibility index (Phi) is 4.46. The van der Waals surface area contributed by atoms with E-state index in [0.717, 1.165) is 24.2 Å². The summed E-state index contributed by atoms with van der Waals surface area (Å²) in [4.78, 5) is 14.5. The highest BCUT2D eigenvalue weighted by Crippen LogP contribution is 2.19. The molecule has 1 fully saturated rings. The second-order valence-corrected chi connectivity index (χ2v) is 5.52. The van der Waals surface area contributed by atoms with Gasteiger partial charge in [0.2, 0.25) is 11.5 Å². The largest absolute Gasteiger partial charge is 0.352 e. The Bertz CT molecular complexity index is 586. The lowest BCUT2D eigenvalue weighted by atomic mass is 10.1. The van der Waals surface area contributed by atoms with Crippen molar-refractivity contribution in [2.24, 2.45) is 0 Å². The van der Waals surface area contributed by atoms with Gasteiger partial charge in [-0.3, -0.25) is 4.79 Å². The van der Waals surface area contributed by atoms with Crippen LogP contribution in [0.1, 0.15) is 36.2 Å². The summed E-state index contributed by atoms with van der Waals surface area (Å²) >= 11 is 0. The van der Waals surface area contributed by atoms with E-state index in [1.165, 1.54) is 25.9 Å². The van der Waals surface area contributed by atoms with Gasteiger partial charge in [-0.1, -0.05) is 35.5 Å². The fourth-order valence-electron chi connectivity index (χ4n) is 2.74. The van der Waals surface area contributed by atoms with Gasteiger partial charge in [0.1, 0.15) is 5.69 Å². The van der Waals surface area contributed by atoms with Crippen molar-refractivity contribution in [3.8, 4) is 11.3 Å². The second kappa shape index (κ2) is 6.68. The minimum absolute atomic E-state index is 0.0453. The van der Waals surface area contributed by atoms with E-state index in [2.05, 4.69) is 10.1 Å². The second-order valence-electron chi connectivity index (χ2n) is 5.52. The zero-order valence-corrected chi connectivity index (χ0v) is 12.1. The van der Waals surface area contributed by atoms with Gasteiger partial charge >= 0.3 is 0 Å². The Morgan fingerprint density at radius 2 is 1.95 bits per heavy atom. The van der Waals surface area contributed by atoms with E-state index in [4.69, 9.17) is 4.52 Å². The van der Waals surface area contributed by atoms with Crippen molar-refractivity contribution in [2.75, 3.05) is 19.6 Å².